The van der Waals surface area contributed by atoms with Crippen LogP contribution in [0.1, 0.15) is 44.7 Å². The van der Waals surface area contributed by atoms with Crippen molar-refractivity contribution in [3.8, 4) is 5.75 Å². The average Bonchev–Trinajstić information content (AvgIpc) is 2.66. The summed E-state index contributed by atoms with van der Waals surface area (Å²) >= 11 is 0. The molecule has 1 heterocycles. The van der Waals surface area contributed by atoms with Crippen LogP contribution in [0.15, 0.2) is 35.1 Å². The van der Waals surface area contributed by atoms with Crippen LogP contribution in [0, 0.1) is 6.92 Å². The molecule has 0 unspecified atom stereocenters. The van der Waals surface area contributed by atoms with Gasteiger partial charge in [-0.2, -0.15) is 13.2 Å². The molecule has 0 saturated heterocycles. The topological polar surface area (TPSA) is 31.2 Å². The highest BCUT2D eigenvalue weighted by Crippen LogP contribution is 2.46. The molecule has 3 rings (SSSR count). The fourth-order valence-electron chi connectivity index (χ4n) is 3.95. The van der Waals surface area contributed by atoms with E-state index in [0.29, 0.717) is 39.5 Å². The minimum Gasteiger partial charge on any atom is -0.494 e. The normalized spacial score (nSPS) is 12.7. The first kappa shape index (κ1) is 21.2. The third-order valence-corrected chi connectivity index (χ3v) is 5.79. The molecular formula is C23H26F3NO2. The summed E-state index contributed by atoms with van der Waals surface area (Å²) in [5.41, 5.74) is -1.10. The Hall–Kier alpha value is -2.50. The summed E-state index contributed by atoms with van der Waals surface area (Å²) in [5.74, 6) is 0.328. The number of rotatable bonds is 5. The number of ether oxygens (including phenoxy) is 1. The van der Waals surface area contributed by atoms with E-state index in [1.54, 1.807) is 41.8 Å². The van der Waals surface area contributed by atoms with Gasteiger partial charge in [0.25, 0.3) is 5.56 Å². The number of pyridine rings is 1. The zero-order valence-corrected chi connectivity index (χ0v) is 17.4. The highest BCUT2D eigenvalue weighted by atomic mass is 19.4. The van der Waals surface area contributed by atoms with Crippen LogP contribution in [0.25, 0.3) is 21.7 Å². The van der Waals surface area contributed by atoms with Crippen molar-refractivity contribution in [2.24, 2.45) is 0 Å². The Kier molecular flexibility index (Phi) is 5.41. The molecule has 6 heteroatoms. The van der Waals surface area contributed by atoms with E-state index in [9.17, 15) is 18.0 Å². The van der Waals surface area contributed by atoms with Gasteiger partial charge in [-0.05, 0) is 55.8 Å². The van der Waals surface area contributed by atoms with Crippen molar-refractivity contribution >= 4 is 21.7 Å². The van der Waals surface area contributed by atoms with Crippen LogP contribution in [0.5, 0.6) is 5.75 Å². The van der Waals surface area contributed by atoms with Crippen LogP contribution in [-0.4, -0.2) is 17.9 Å². The molecule has 0 aliphatic heterocycles. The van der Waals surface area contributed by atoms with Crippen molar-refractivity contribution < 1.29 is 17.9 Å². The molecule has 0 radical (unpaired) electrons. The summed E-state index contributed by atoms with van der Waals surface area (Å²) in [5, 5.41) is 1.74. The molecule has 0 aliphatic carbocycles. The summed E-state index contributed by atoms with van der Waals surface area (Å²) < 4.78 is 48.8. The van der Waals surface area contributed by atoms with Gasteiger partial charge in [0.2, 0.25) is 0 Å². The lowest BCUT2D eigenvalue weighted by molar-refractivity contribution is -0.180. The van der Waals surface area contributed by atoms with Crippen LogP contribution in [0.2, 0.25) is 0 Å². The predicted octanol–water partition coefficient (Wildman–Crippen LogP) is 6.11. The number of hydrogen-bond donors (Lipinski definition) is 0. The molecule has 3 nitrogen and oxygen atoms in total. The van der Waals surface area contributed by atoms with Crippen LogP contribution < -0.4 is 10.3 Å². The number of methoxy groups -OCH3 is 1. The standard InChI is InChI=1S/C23H26F3NO2/c1-6-7-12-27-19-17(15-10-8-9-11-16(15)21(27)28)13-18(14(2)20(19)29-5)22(3,4)23(24,25)26/h8-11,13H,6-7,12H2,1-5H3. The van der Waals surface area contributed by atoms with E-state index in [1.165, 1.54) is 21.0 Å². The Morgan fingerprint density at radius 2 is 1.69 bits per heavy atom. The van der Waals surface area contributed by atoms with Gasteiger partial charge < -0.3 is 9.30 Å². The molecular weight excluding hydrogens is 379 g/mol. The van der Waals surface area contributed by atoms with E-state index in [-0.39, 0.29) is 11.1 Å². The van der Waals surface area contributed by atoms with Gasteiger partial charge in [-0.3, -0.25) is 4.79 Å². The second-order valence-electron chi connectivity index (χ2n) is 7.96. The summed E-state index contributed by atoms with van der Waals surface area (Å²) in [6.45, 7) is 6.49. The third kappa shape index (κ3) is 3.28. The average molecular weight is 405 g/mol. The van der Waals surface area contributed by atoms with Gasteiger partial charge in [-0.25, -0.2) is 0 Å². The van der Waals surface area contributed by atoms with E-state index >= 15 is 0 Å². The molecule has 0 fully saturated rings. The number of fused-ring (bicyclic) bond motifs is 3. The Labute approximate surface area is 168 Å². The molecule has 0 spiro atoms. The maximum Gasteiger partial charge on any atom is 0.397 e. The quantitative estimate of drug-likeness (QED) is 0.480. The Bertz CT molecular complexity index is 1130. The molecule has 2 aromatic carbocycles. The molecule has 0 saturated carbocycles. The van der Waals surface area contributed by atoms with Crippen molar-refractivity contribution in [2.45, 2.75) is 58.7 Å². The highest BCUT2D eigenvalue weighted by molar-refractivity contribution is 6.08. The summed E-state index contributed by atoms with van der Waals surface area (Å²) in [4.78, 5) is 13.2. The predicted molar refractivity (Wildman–Crippen MR) is 111 cm³/mol. The summed E-state index contributed by atoms with van der Waals surface area (Å²) in [6, 6.07) is 8.65. The Morgan fingerprint density at radius 3 is 2.24 bits per heavy atom. The number of aromatic nitrogens is 1. The van der Waals surface area contributed by atoms with Gasteiger partial charge in [0, 0.05) is 17.3 Å². The number of unbranched alkanes of at least 4 members (excludes halogenated alkanes) is 1. The van der Waals surface area contributed by atoms with Gasteiger partial charge in [0.1, 0.15) is 5.75 Å². The minimum atomic E-state index is -4.43. The highest BCUT2D eigenvalue weighted by Gasteiger charge is 2.49. The molecule has 3 aromatic rings. The van der Waals surface area contributed by atoms with Gasteiger partial charge in [0.05, 0.1) is 18.0 Å². The van der Waals surface area contributed by atoms with Crippen LogP contribution in [-0.2, 0) is 12.0 Å². The smallest absolute Gasteiger partial charge is 0.397 e. The van der Waals surface area contributed by atoms with Gasteiger partial charge in [0.15, 0.2) is 0 Å². The number of aryl methyl sites for hydroxylation is 1. The lowest BCUT2D eigenvalue weighted by atomic mass is 9.80. The number of benzene rings is 2. The van der Waals surface area contributed by atoms with Crippen molar-refractivity contribution in [2.75, 3.05) is 7.11 Å². The third-order valence-electron chi connectivity index (χ3n) is 5.79. The molecule has 0 amide bonds. The van der Waals surface area contributed by atoms with E-state index in [4.69, 9.17) is 4.74 Å². The monoisotopic (exact) mass is 405 g/mol. The number of hydrogen-bond acceptors (Lipinski definition) is 2. The van der Waals surface area contributed by atoms with E-state index in [1.807, 2.05) is 6.92 Å². The van der Waals surface area contributed by atoms with Crippen molar-refractivity contribution in [3.05, 3.63) is 51.8 Å². The Morgan fingerprint density at radius 1 is 1.07 bits per heavy atom. The second-order valence-corrected chi connectivity index (χ2v) is 7.96. The molecule has 156 valence electrons. The first-order valence-corrected chi connectivity index (χ1v) is 9.76. The lowest BCUT2D eigenvalue weighted by Gasteiger charge is -2.31. The van der Waals surface area contributed by atoms with Crippen molar-refractivity contribution in [1.29, 1.82) is 0 Å². The SMILES string of the molecule is CCCCn1c(=O)c2ccccc2c2cc(C(C)(C)C(F)(F)F)c(C)c(OC)c21. The lowest BCUT2D eigenvalue weighted by Crippen LogP contribution is -2.37. The van der Waals surface area contributed by atoms with Crippen molar-refractivity contribution in [1.82, 2.24) is 4.57 Å². The number of nitrogens with zero attached hydrogens (tertiary/aromatic N) is 1. The van der Waals surface area contributed by atoms with E-state index < -0.39 is 11.6 Å². The molecule has 0 N–H and O–H groups in total. The second kappa shape index (κ2) is 7.39. The first-order valence-electron chi connectivity index (χ1n) is 9.76. The maximum atomic E-state index is 13.9. The van der Waals surface area contributed by atoms with Gasteiger partial charge >= 0.3 is 6.18 Å². The van der Waals surface area contributed by atoms with Gasteiger partial charge in [-0.15, -0.1) is 0 Å². The van der Waals surface area contributed by atoms with Crippen LogP contribution >= 0.6 is 0 Å². The molecule has 0 aliphatic rings. The number of halogens is 3. The fourth-order valence-corrected chi connectivity index (χ4v) is 3.95. The molecule has 0 bridgehead atoms. The zero-order valence-electron chi connectivity index (χ0n) is 17.4. The van der Waals surface area contributed by atoms with E-state index in [0.717, 1.165) is 12.8 Å². The van der Waals surface area contributed by atoms with E-state index in [2.05, 4.69) is 0 Å². The minimum absolute atomic E-state index is 0.151. The maximum absolute atomic E-state index is 13.9. The fraction of sp³-hybridized carbons (Fsp3) is 0.435. The van der Waals surface area contributed by atoms with Crippen molar-refractivity contribution in [3.63, 3.8) is 0 Å². The van der Waals surface area contributed by atoms with Crippen LogP contribution in [0.4, 0.5) is 13.2 Å². The summed E-state index contributed by atoms with van der Waals surface area (Å²) in [6.07, 6.45) is -2.75. The summed E-state index contributed by atoms with van der Waals surface area (Å²) in [7, 11) is 1.44. The molecule has 29 heavy (non-hydrogen) atoms. The van der Waals surface area contributed by atoms with Gasteiger partial charge in [-0.1, -0.05) is 31.5 Å². The number of alkyl halides is 3. The largest absolute Gasteiger partial charge is 0.494 e. The molecule has 0 atom stereocenters. The van der Waals surface area contributed by atoms with Crippen LogP contribution in [0.3, 0.4) is 0 Å². The first-order chi connectivity index (χ1) is 13.6. The molecule has 1 aromatic heterocycles. The zero-order chi connectivity index (χ0) is 21.6. The Balaban J connectivity index is 2.57.